The third kappa shape index (κ3) is 4.58. The first-order valence-electron chi connectivity index (χ1n) is 10.3. The van der Waals surface area contributed by atoms with E-state index in [0.29, 0.717) is 40.2 Å². The molecule has 0 atom stereocenters. The van der Waals surface area contributed by atoms with E-state index in [9.17, 15) is 9.18 Å². The van der Waals surface area contributed by atoms with Crippen LogP contribution in [0.1, 0.15) is 27.3 Å². The summed E-state index contributed by atoms with van der Waals surface area (Å²) in [5.74, 6) is -0.665. The quantitative estimate of drug-likeness (QED) is 0.508. The average molecular weight is 436 g/mol. The van der Waals surface area contributed by atoms with Crippen molar-refractivity contribution in [3.8, 4) is 6.07 Å². The fourth-order valence-corrected chi connectivity index (χ4v) is 3.59. The van der Waals surface area contributed by atoms with Crippen LogP contribution in [0.2, 0.25) is 0 Å². The Bertz CT molecular complexity index is 1330. The molecule has 1 aromatic heterocycles. The molecule has 33 heavy (non-hydrogen) atoms. The highest BCUT2D eigenvalue weighted by molar-refractivity contribution is 6.19. The van der Waals surface area contributed by atoms with Crippen LogP contribution in [0.15, 0.2) is 91.3 Å². The molecule has 1 aliphatic rings. The molecular weight excluding hydrogens is 415 g/mol. The number of Topliss-reactive ketones (excluding diaryl/α,β-unsaturated/α-hetero) is 1. The molecule has 0 spiro atoms. The van der Waals surface area contributed by atoms with Crippen molar-refractivity contribution >= 4 is 22.7 Å². The summed E-state index contributed by atoms with van der Waals surface area (Å²) in [5, 5.41) is 12.2. The van der Waals surface area contributed by atoms with Gasteiger partial charge in [-0.2, -0.15) is 5.26 Å². The largest absolute Gasteiger partial charge is 0.358 e. The Morgan fingerprint density at radius 3 is 2.48 bits per heavy atom. The number of halogens is 1. The number of fused-ring (bicyclic) bond motifs is 1. The third-order valence-corrected chi connectivity index (χ3v) is 5.27. The maximum atomic E-state index is 13.3. The van der Waals surface area contributed by atoms with Crippen LogP contribution < -0.4 is 10.2 Å². The second-order valence-corrected chi connectivity index (χ2v) is 7.72. The summed E-state index contributed by atoms with van der Waals surface area (Å²) in [7, 11) is 0. The number of hydrogen-bond donors (Lipinski definition) is 1. The van der Waals surface area contributed by atoms with Crippen LogP contribution in [0.25, 0.3) is 5.57 Å². The zero-order valence-electron chi connectivity index (χ0n) is 18.1. The second-order valence-electron chi connectivity index (χ2n) is 7.72. The predicted octanol–water partition coefficient (Wildman–Crippen LogP) is 5.63. The number of aromatic nitrogens is 1. The van der Waals surface area contributed by atoms with Crippen molar-refractivity contribution in [2.24, 2.45) is 0 Å². The number of carbonyl (C=O) groups excluding carboxylic acids is 1. The van der Waals surface area contributed by atoms with Crippen LogP contribution >= 0.6 is 0 Å². The van der Waals surface area contributed by atoms with E-state index in [1.807, 2.05) is 24.0 Å². The number of carbonyl (C=O) groups is 1. The maximum absolute atomic E-state index is 13.3. The first kappa shape index (κ1) is 21.7. The van der Waals surface area contributed by atoms with Gasteiger partial charge in [0.2, 0.25) is 0 Å². The number of anilines is 2. The second kappa shape index (κ2) is 8.93. The SMILES string of the molecule is C=C(CN1C=C(C(=O)c2ccc(F)cc2)C(=C)c2nc(C)ccc21)Nc1ccc(C#N)cc1. The fourth-order valence-electron chi connectivity index (χ4n) is 3.59. The molecule has 0 saturated carbocycles. The van der Waals surface area contributed by atoms with E-state index in [0.717, 1.165) is 17.1 Å². The molecule has 0 radical (unpaired) electrons. The molecule has 0 amide bonds. The van der Waals surface area contributed by atoms with Crippen LogP contribution in [-0.4, -0.2) is 17.3 Å². The van der Waals surface area contributed by atoms with Crippen molar-refractivity contribution in [3.05, 3.63) is 120 Å². The van der Waals surface area contributed by atoms with Crippen molar-refractivity contribution in [3.63, 3.8) is 0 Å². The molecule has 1 aliphatic heterocycles. The molecule has 0 aliphatic carbocycles. The molecule has 3 aromatic rings. The number of allylic oxidation sites excluding steroid dienone is 2. The zero-order chi connectivity index (χ0) is 23.5. The molecule has 0 fully saturated rings. The normalized spacial score (nSPS) is 12.5. The summed E-state index contributed by atoms with van der Waals surface area (Å²) in [6.45, 7) is 10.5. The number of hydrogen-bond acceptors (Lipinski definition) is 5. The van der Waals surface area contributed by atoms with E-state index in [1.165, 1.54) is 24.3 Å². The highest BCUT2D eigenvalue weighted by atomic mass is 19.1. The lowest BCUT2D eigenvalue weighted by Crippen LogP contribution is -2.28. The standard InChI is InChI=1S/C27H21FN4O/c1-17-4-13-25-26(31-17)19(3)24(27(33)21-7-9-22(28)10-8-21)16-32(25)15-18(2)30-23-11-5-20(14-29)6-12-23/h4-13,16,30H,2-3,15H2,1H3. The van der Waals surface area contributed by atoms with E-state index >= 15 is 0 Å². The molecule has 0 unspecified atom stereocenters. The summed E-state index contributed by atoms with van der Waals surface area (Å²) in [4.78, 5) is 19.7. The van der Waals surface area contributed by atoms with Gasteiger partial charge in [-0.05, 0) is 67.6 Å². The summed E-state index contributed by atoms with van der Waals surface area (Å²) in [5.41, 5.74) is 5.57. The van der Waals surface area contributed by atoms with Gasteiger partial charge < -0.3 is 10.2 Å². The number of nitriles is 1. The van der Waals surface area contributed by atoms with Gasteiger partial charge in [-0.3, -0.25) is 9.78 Å². The maximum Gasteiger partial charge on any atom is 0.195 e. The Hall–Kier alpha value is -4.50. The summed E-state index contributed by atoms with van der Waals surface area (Å²) in [6.07, 6.45) is 1.74. The van der Waals surface area contributed by atoms with E-state index < -0.39 is 5.82 Å². The molecule has 4 rings (SSSR count). The monoisotopic (exact) mass is 436 g/mol. The highest BCUT2D eigenvalue weighted by Gasteiger charge is 2.27. The number of nitrogens with one attached hydrogen (secondary N) is 1. The Labute approximate surface area is 191 Å². The molecule has 5 nitrogen and oxygen atoms in total. The number of aryl methyl sites for hydroxylation is 1. The Balaban J connectivity index is 1.64. The molecular formula is C27H21FN4O. The number of pyridine rings is 1. The van der Waals surface area contributed by atoms with Crippen LogP contribution in [0.3, 0.4) is 0 Å². The first-order chi connectivity index (χ1) is 15.9. The smallest absolute Gasteiger partial charge is 0.195 e. The van der Waals surface area contributed by atoms with E-state index in [1.54, 1.807) is 30.5 Å². The van der Waals surface area contributed by atoms with E-state index in [4.69, 9.17) is 5.26 Å². The van der Waals surface area contributed by atoms with Crippen LogP contribution in [-0.2, 0) is 0 Å². The van der Waals surface area contributed by atoms with Gasteiger partial charge in [0, 0.05) is 40.0 Å². The van der Waals surface area contributed by atoms with Crippen LogP contribution in [0.5, 0.6) is 0 Å². The van der Waals surface area contributed by atoms with Gasteiger partial charge in [0.25, 0.3) is 0 Å². The average Bonchev–Trinajstić information content (AvgIpc) is 2.81. The summed E-state index contributed by atoms with van der Waals surface area (Å²) < 4.78 is 13.3. The molecule has 1 N–H and O–H groups in total. The molecule has 162 valence electrons. The topological polar surface area (TPSA) is 69.0 Å². The van der Waals surface area contributed by atoms with Crippen molar-refractivity contribution in [1.29, 1.82) is 5.26 Å². The Morgan fingerprint density at radius 2 is 1.82 bits per heavy atom. The van der Waals surface area contributed by atoms with Gasteiger partial charge >= 0.3 is 0 Å². The minimum Gasteiger partial charge on any atom is -0.358 e. The van der Waals surface area contributed by atoms with Crippen molar-refractivity contribution in [2.45, 2.75) is 6.92 Å². The van der Waals surface area contributed by atoms with Crippen molar-refractivity contribution < 1.29 is 9.18 Å². The van der Waals surface area contributed by atoms with Gasteiger partial charge in [-0.1, -0.05) is 13.2 Å². The van der Waals surface area contributed by atoms with Gasteiger partial charge in [0.15, 0.2) is 5.78 Å². The lowest BCUT2D eigenvalue weighted by Gasteiger charge is -2.30. The number of nitrogens with zero attached hydrogens (tertiary/aromatic N) is 3. The lowest BCUT2D eigenvalue weighted by atomic mass is 9.92. The predicted molar refractivity (Wildman–Crippen MR) is 128 cm³/mol. The minimum absolute atomic E-state index is 0.260. The van der Waals surface area contributed by atoms with Crippen molar-refractivity contribution in [2.75, 3.05) is 16.8 Å². The Kier molecular flexibility index (Phi) is 5.88. The minimum atomic E-state index is -0.405. The third-order valence-electron chi connectivity index (χ3n) is 5.27. The lowest BCUT2D eigenvalue weighted by molar-refractivity contribution is 0.103. The molecule has 2 aromatic carbocycles. The molecule has 0 bridgehead atoms. The summed E-state index contributed by atoms with van der Waals surface area (Å²) >= 11 is 0. The molecule has 0 saturated heterocycles. The number of ketones is 1. The molecule has 2 heterocycles. The van der Waals surface area contributed by atoms with E-state index in [2.05, 4.69) is 29.5 Å². The van der Waals surface area contributed by atoms with E-state index in [-0.39, 0.29) is 5.78 Å². The van der Waals surface area contributed by atoms with Crippen LogP contribution in [0.4, 0.5) is 15.8 Å². The number of rotatable bonds is 6. The van der Waals surface area contributed by atoms with Gasteiger partial charge in [-0.25, -0.2) is 4.39 Å². The van der Waals surface area contributed by atoms with Gasteiger partial charge in [0.1, 0.15) is 5.82 Å². The Morgan fingerprint density at radius 1 is 1.12 bits per heavy atom. The van der Waals surface area contributed by atoms with Gasteiger partial charge in [0.05, 0.1) is 29.6 Å². The van der Waals surface area contributed by atoms with Crippen molar-refractivity contribution in [1.82, 2.24) is 4.98 Å². The number of benzene rings is 2. The fraction of sp³-hybridized carbons (Fsp3) is 0.0741. The summed E-state index contributed by atoms with van der Waals surface area (Å²) in [6, 6.07) is 18.4. The molecule has 6 heteroatoms. The zero-order valence-corrected chi connectivity index (χ0v) is 18.1. The highest BCUT2D eigenvalue weighted by Crippen LogP contribution is 2.36. The van der Waals surface area contributed by atoms with Crippen LogP contribution in [0, 0.1) is 24.1 Å². The first-order valence-corrected chi connectivity index (χ1v) is 10.3. The van der Waals surface area contributed by atoms with Gasteiger partial charge in [-0.15, -0.1) is 0 Å².